The van der Waals surface area contributed by atoms with E-state index in [1.165, 1.54) is 0 Å². The molecule has 0 aliphatic carbocycles. The van der Waals surface area contributed by atoms with Crippen molar-refractivity contribution in [3.63, 3.8) is 0 Å². The molecule has 21 heavy (non-hydrogen) atoms. The van der Waals surface area contributed by atoms with Crippen molar-refractivity contribution in [2.45, 2.75) is 39.7 Å². The van der Waals surface area contributed by atoms with Gasteiger partial charge in [0.05, 0.1) is 6.54 Å². The molecule has 3 N–H and O–H groups in total. The van der Waals surface area contributed by atoms with E-state index in [1.807, 2.05) is 32.9 Å². The van der Waals surface area contributed by atoms with Gasteiger partial charge in [-0.25, -0.2) is 0 Å². The molecule has 0 radical (unpaired) electrons. The van der Waals surface area contributed by atoms with Gasteiger partial charge in [-0.1, -0.05) is 6.07 Å². The fourth-order valence-electron chi connectivity index (χ4n) is 1.94. The van der Waals surface area contributed by atoms with Gasteiger partial charge in [0.25, 0.3) is 5.91 Å². The summed E-state index contributed by atoms with van der Waals surface area (Å²) in [7, 11) is 0. The first kappa shape index (κ1) is 17.2. The minimum atomic E-state index is -0.253. The van der Waals surface area contributed by atoms with E-state index in [-0.39, 0.29) is 31.0 Å². The molecule has 5 nitrogen and oxygen atoms in total. The van der Waals surface area contributed by atoms with Crippen LogP contribution in [0, 0.1) is 13.8 Å². The minimum Gasteiger partial charge on any atom is -0.396 e. The Morgan fingerprint density at radius 2 is 1.95 bits per heavy atom. The number of aliphatic hydroxyl groups is 1. The van der Waals surface area contributed by atoms with Crippen LogP contribution in [0.3, 0.4) is 0 Å². The van der Waals surface area contributed by atoms with Gasteiger partial charge >= 0.3 is 0 Å². The Morgan fingerprint density at radius 3 is 2.57 bits per heavy atom. The Balaban J connectivity index is 2.41. The summed E-state index contributed by atoms with van der Waals surface area (Å²) in [6.45, 7) is 5.87. The highest BCUT2D eigenvalue weighted by atomic mass is 16.3. The van der Waals surface area contributed by atoms with Gasteiger partial charge in [0.2, 0.25) is 5.91 Å². The molecular weight excluding hydrogens is 268 g/mol. The Labute approximate surface area is 125 Å². The number of aliphatic hydroxyl groups excluding tert-OH is 1. The van der Waals surface area contributed by atoms with Crippen LogP contribution in [0.4, 0.5) is 0 Å². The SMILES string of the molecule is Cc1ccc(C(=O)NCC(=O)NC(C)CCCO)cc1C. The van der Waals surface area contributed by atoms with Crippen molar-refractivity contribution in [2.24, 2.45) is 0 Å². The van der Waals surface area contributed by atoms with E-state index in [1.54, 1.807) is 6.07 Å². The van der Waals surface area contributed by atoms with Crippen LogP contribution in [-0.2, 0) is 4.79 Å². The maximum Gasteiger partial charge on any atom is 0.251 e. The zero-order chi connectivity index (χ0) is 15.8. The number of carbonyl (C=O) groups excluding carboxylic acids is 2. The largest absolute Gasteiger partial charge is 0.396 e. The molecule has 116 valence electrons. The van der Waals surface area contributed by atoms with E-state index in [0.717, 1.165) is 11.1 Å². The Morgan fingerprint density at radius 1 is 1.24 bits per heavy atom. The first-order valence-electron chi connectivity index (χ1n) is 7.19. The van der Waals surface area contributed by atoms with Crippen LogP contribution in [0.1, 0.15) is 41.3 Å². The Kier molecular flexibility index (Phi) is 6.88. The van der Waals surface area contributed by atoms with Gasteiger partial charge in [-0.3, -0.25) is 9.59 Å². The second-order valence-corrected chi connectivity index (χ2v) is 5.32. The molecule has 5 heteroatoms. The van der Waals surface area contributed by atoms with Gasteiger partial charge in [-0.15, -0.1) is 0 Å². The summed E-state index contributed by atoms with van der Waals surface area (Å²) in [6, 6.07) is 5.44. The first-order valence-corrected chi connectivity index (χ1v) is 7.19. The molecule has 1 rings (SSSR count). The van der Waals surface area contributed by atoms with E-state index in [4.69, 9.17) is 5.11 Å². The molecule has 0 aliphatic rings. The Bertz CT molecular complexity index is 500. The van der Waals surface area contributed by atoms with Crippen LogP contribution in [-0.4, -0.2) is 36.1 Å². The van der Waals surface area contributed by atoms with Crippen LogP contribution in [0.15, 0.2) is 18.2 Å². The number of nitrogens with one attached hydrogen (secondary N) is 2. The second-order valence-electron chi connectivity index (χ2n) is 5.32. The van der Waals surface area contributed by atoms with Crippen LogP contribution in [0.5, 0.6) is 0 Å². The third-order valence-electron chi connectivity index (χ3n) is 3.38. The first-order chi connectivity index (χ1) is 9.93. The fourth-order valence-corrected chi connectivity index (χ4v) is 1.94. The number of hydrogen-bond acceptors (Lipinski definition) is 3. The minimum absolute atomic E-state index is 0.0110. The summed E-state index contributed by atoms with van der Waals surface area (Å²) in [5, 5.41) is 14.1. The lowest BCUT2D eigenvalue weighted by atomic mass is 10.1. The Hall–Kier alpha value is -1.88. The molecule has 0 fully saturated rings. The number of rotatable bonds is 7. The van der Waals surface area contributed by atoms with Crippen molar-refractivity contribution in [2.75, 3.05) is 13.2 Å². The maximum atomic E-state index is 11.9. The third kappa shape index (κ3) is 5.95. The maximum absolute atomic E-state index is 11.9. The number of amides is 2. The van der Waals surface area contributed by atoms with Crippen LogP contribution >= 0.6 is 0 Å². The normalized spacial score (nSPS) is 11.8. The van der Waals surface area contributed by atoms with Crippen molar-refractivity contribution in [1.29, 1.82) is 0 Å². The van der Waals surface area contributed by atoms with Crippen molar-refractivity contribution >= 4 is 11.8 Å². The van der Waals surface area contributed by atoms with E-state index in [9.17, 15) is 9.59 Å². The number of hydrogen-bond donors (Lipinski definition) is 3. The average molecular weight is 292 g/mol. The van der Waals surface area contributed by atoms with Crippen molar-refractivity contribution in [1.82, 2.24) is 10.6 Å². The molecule has 0 spiro atoms. The third-order valence-corrected chi connectivity index (χ3v) is 3.38. The molecule has 0 heterocycles. The van der Waals surface area contributed by atoms with E-state index < -0.39 is 0 Å². The topological polar surface area (TPSA) is 78.4 Å². The molecule has 0 saturated carbocycles. The number of carbonyl (C=O) groups is 2. The summed E-state index contributed by atoms with van der Waals surface area (Å²) < 4.78 is 0. The molecule has 1 atom stereocenters. The predicted molar refractivity (Wildman–Crippen MR) is 82.2 cm³/mol. The molecule has 1 unspecified atom stereocenters. The highest BCUT2D eigenvalue weighted by Gasteiger charge is 2.10. The van der Waals surface area contributed by atoms with Gasteiger partial charge in [-0.05, 0) is 56.9 Å². The van der Waals surface area contributed by atoms with Crippen molar-refractivity contribution < 1.29 is 14.7 Å². The van der Waals surface area contributed by atoms with Gasteiger partial charge in [-0.2, -0.15) is 0 Å². The molecule has 0 aromatic heterocycles. The summed E-state index contributed by atoms with van der Waals surface area (Å²) in [5.74, 6) is -0.478. The van der Waals surface area contributed by atoms with Crippen molar-refractivity contribution in [3.8, 4) is 0 Å². The zero-order valence-electron chi connectivity index (χ0n) is 12.9. The fraction of sp³-hybridized carbons (Fsp3) is 0.500. The second kappa shape index (κ2) is 8.42. The van der Waals surface area contributed by atoms with Gasteiger partial charge in [0.15, 0.2) is 0 Å². The predicted octanol–water partition coefficient (Wildman–Crippen LogP) is 1.31. The molecular formula is C16H24N2O3. The molecule has 0 aliphatic heterocycles. The van der Waals surface area contributed by atoms with Gasteiger partial charge in [0.1, 0.15) is 0 Å². The highest BCUT2D eigenvalue weighted by Crippen LogP contribution is 2.09. The van der Waals surface area contributed by atoms with Crippen LogP contribution < -0.4 is 10.6 Å². The van der Waals surface area contributed by atoms with Gasteiger partial charge in [0, 0.05) is 18.2 Å². The average Bonchev–Trinajstić information content (AvgIpc) is 2.45. The molecule has 1 aromatic rings. The summed E-state index contributed by atoms with van der Waals surface area (Å²) >= 11 is 0. The highest BCUT2D eigenvalue weighted by molar-refractivity contribution is 5.96. The molecule has 0 saturated heterocycles. The van der Waals surface area contributed by atoms with E-state index in [2.05, 4.69) is 10.6 Å². The van der Waals surface area contributed by atoms with E-state index in [0.29, 0.717) is 18.4 Å². The van der Waals surface area contributed by atoms with Crippen molar-refractivity contribution in [3.05, 3.63) is 34.9 Å². The molecule has 2 amide bonds. The van der Waals surface area contributed by atoms with Crippen LogP contribution in [0.25, 0.3) is 0 Å². The summed E-state index contributed by atoms with van der Waals surface area (Å²) in [5.41, 5.74) is 2.73. The number of benzene rings is 1. The zero-order valence-corrected chi connectivity index (χ0v) is 12.9. The lowest BCUT2D eigenvalue weighted by Gasteiger charge is -2.13. The van der Waals surface area contributed by atoms with Crippen LogP contribution in [0.2, 0.25) is 0 Å². The van der Waals surface area contributed by atoms with E-state index >= 15 is 0 Å². The standard InChI is InChI=1S/C16H24N2O3/c1-11-6-7-14(9-12(11)2)16(21)17-10-15(20)18-13(3)5-4-8-19/h6-7,9,13,19H,4-5,8,10H2,1-3H3,(H,17,21)(H,18,20). The molecule has 1 aromatic carbocycles. The lowest BCUT2D eigenvalue weighted by molar-refractivity contribution is -0.120. The monoisotopic (exact) mass is 292 g/mol. The smallest absolute Gasteiger partial charge is 0.251 e. The number of aryl methyl sites for hydroxylation is 2. The summed E-state index contributed by atoms with van der Waals surface area (Å²) in [4.78, 5) is 23.6. The van der Waals surface area contributed by atoms with Gasteiger partial charge < -0.3 is 15.7 Å². The quantitative estimate of drug-likeness (QED) is 0.709. The summed E-state index contributed by atoms with van der Waals surface area (Å²) in [6.07, 6.45) is 1.36. The molecule has 0 bridgehead atoms. The lowest BCUT2D eigenvalue weighted by Crippen LogP contribution is -2.40.